The highest BCUT2D eigenvalue weighted by Crippen LogP contribution is 2.39. The van der Waals surface area contributed by atoms with Crippen LogP contribution in [0.25, 0.3) is 11.1 Å². The highest BCUT2D eigenvalue weighted by Gasteiger charge is 2.30. The van der Waals surface area contributed by atoms with Gasteiger partial charge in [-0.2, -0.15) is 0 Å². The van der Waals surface area contributed by atoms with Crippen LogP contribution in [0.4, 0.5) is 0 Å². The van der Waals surface area contributed by atoms with Crippen LogP contribution in [0.15, 0.2) is 40.9 Å². The molecule has 0 fully saturated rings. The van der Waals surface area contributed by atoms with Gasteiger partial charge in [-0.1, -0.05) is 34.1 Å². The Kier molecular flexibility index (Phi) is 2.35. The van der Waals surface area contributed by atoms with Gasteiger partial charge in [0.05, 0.1) is 5.56 Å². The topological polar surface area (TPSA) is 54.4 Å². The lowest BCUT2D eigenvalue weighted by Crippen LogP contribution is -2.00. The molecular weight excluding hydrogens is 296 g/mol. The second kappa shape index (κ2) is 3.78. The highest BCUT2D eigenvalue weighted by molar-refractivity contribution is 9.10. The molecule has 0 bridgehead atoms. The first kappa shape index (κ1) is 11.2. The van der Waals surface area contributed by atoms with E-state index in [9.17, 15) is 14.7 Å². The van der Waals surface area contributed by atoms with E-state index in [2.05, 4.69) is 15.9 Å². The molecule has 0 saturated heterocycles. The van der Waals surface area contributed by atoms with Crippen molar-refractivity contribution in [1.29, 1.82) is 0 Å². The normalized spacial score (nSPS) is 12.2. The summed E-state index contributed by atoms with van der Waals surface area (Å²) in [6, 6.07) is 10.1. The lowest BCUT2D eigenvalue weighted by molar-refractivity contribution is 0.0697. The largest absolute Gasteiger partial charge is 0.478 e. The first-order chi connectivity index (χ1) is 8.59. The second-order valence-corrected chi connectivity index (χ2v) is 4.97. The van der Waals surface area contributed by atoms with Crippen LogP contribution in [0.2, 0.25) is 0 Å². The van der Waals surface area contributed by atoms with Gasteiger partial charge in [-0.3, -0.25) is 4.79 Å². The third-order valence-electron chi connectivity index (χ3n) is 3.04. The maximum Gasteiger partial charge on any atom is 0.336 e. The maximum atomic E-state index is 12.2. The Hall–Kier alpha value is -1.94. The van der Waals surface area contributed by atoms with Crippen LogP contribution in [0.3, 0.4) is 0 Å². The van der Waals surface area contributed by atoms with E-state index in [0.29, 0.717) is 22.3 Å². The molecule has 0 amide bonds. The van der Waals surface area contributed by atoms with Gasteiger partial charge in [0.1, 0.15) is 0 Å². The molecule has 4 heteroatoms. The number of ketones is 1. The number of carboxylic acids is 1. The zero-order valence-electron chi connectivity index (χ0n) is 9.11. The van der Waals surface area contributed by atoms with Gasteiger partial charge in [-0.05, 0) is 23.8 Å². The van der Waals surface area contributed by atoms with Crippen molar-refractivity contribution in [3.05, 3.63) is 57.6 Å². The number of carbonyl (C=O) groups excluding carboxylic acids is 1. The van der Waals surface area contributed by atoms with Crippen LogP contribution in [0.5, 0.6) is 0 Å². The lowest BCUT2D eigenvalue weighted by atomic mass is 10.00. The van der Waals surface area contributed by atoms with Crippen LogP contribution < -0.4 is 0 Å². The first-order valence-electron chi connectivity index (χ1n) is 5.30. The Balaban J connectivity index is 2.39. The molecule has 1 aliphatic carbocycles. The summed E-state index contributed by atoms with van der Waals surface area (Å²) in [6.45, 7) is 0. The molecule has 2 aromatic carbocycles. The minimum atomic E-state index is -1.02. The predicted octanol–water partition coefficient (Wildman–Crippen LogP) is 3.36. The fraction of sp³-hybridized carbons (Fsp3) is 0. The van der Waals surface area contributed by atoms with Crippen LogP contribution in [-0.4, -0.2) is 16.9 Å². The average molecular weight is 303 g/mol. The summed E-state index contributed by atoms with van der Waals surface area (Å²) in [5, 5.41) is 9.19. The minimum absolute atomic E-state index is 0.121. The Morgan fingerprint density at radius 3 is 2.56 bits per heavy atom. The lowest BCUT2D eigenvalue weighted by Gasteiger charge is -2.04. The molecule has 0 aromatic heterocycles. The molecule has 0 aliphatic heterocycles. The molecular formula is C14H7BrO3. The van der Waals surface area contributed by atoms with E-state index in [-0.39, 0.29) is 11.3 Å². The molecule has 2 aromatic rings. The molecule has 0 radical (unpaired) electrons. The summed E-state index contributed by atoms with van der Waals surface area (Å²) < 4.78 is 0.805. The van der Waals surface area contributed by atoms with Crippen molar-refractivity contribution in [2.75, 3.05) is 0 Å². The van der Waals surface area contributed by atoms with Crippen molar-refractivity contribution in [1.82, 2.24) is 0 Å². The fourth-order valence-electron chi connectivity index (χ4n) is 2.28. The smallest absolute Gasteiger partial charge is 0.336 e. The molecule has 3 nitrogen and oxygen atoms in total. The second-order valence-electron chi connectivity index (χ2n) is 4.05. The molecule has 88 valence electrons. The predicted molar refractivity (Wildman–Crippen MR) is 70.0 cm³/mol. The summed E-state index contributed by atoms with van der Waals surface area (Å²) in [5.74, 6) is -1.14. The summed E-state index contributed by atoms with van der Waals surface area (Å²) in [5.41, 5.74) is 2.40. The van der Waals surface area contributed by atoms with Crippen molar-refractivity contribution in [2.45, 2.75) is 0 Å². The van der Waals surface area contributed by atoms with Crippen LogP contribution in [0, 0.1) is 0 Å². The number of benzene rings is 2. The van der Waals surface area contributed by atoms with Gasteiger partial charge >= 0.3 is 5.97 Å². The van der Waals surface area contributed by atoms with Gasteiger partial charge in [0, 0.05) is 21.2 Å². The molecule has 0 unspecified atom stereocenters. The van der Waals surface area contributed by atoms with E-state index < -0.39 is 5.97 Å². The summed E-state index contributed by atoms with van der Waals surface area (Å²) in [6.07, 6.45) is 0. The summed E-state index contributed by atoms with van der Waals surface area (Å²) in [4.78, 5) is 23.4. The van der Waals surface area contributed by atoms with Crippen molar-refractivity contribution in [2.24, 2.45) is 0 Å². The standard InChI is InChI=1S/C14H7BrO3/c15-7-4-5-8-11(6-7)13(16)9-2-1-3-10(12(8)9)14(17)18/h1-6H,(H,17,18). The van der Waals surface area contributed by atoms with Crippen molar-refractivity contribution in [3.8, 4) is 11.1 Å². The number of carboxylic acid groups (broad SMARTS) is 1. The van der Waals surface area contributed by atoms with Gasteiger partial charge in [0.25, 0.3) is 0 Å². The molecule has 18 heavy (non-hydrogen) atoms. The van der Waals surface area contributed by atoms with Crippen LogP contribution in [-0.2, 0) is 0 Å². The molecule has 1 N–H and O–H groups in total. The Morgan fingerprint density at radius 1 is 1.06 bits per heavy atom. The number of aromatic carboxylic acids is 1. The van der Waals surface area contributed by atoms with E-state index >= 15 is 0 Å². The van der Waals surface area contributed by atoms with E-state index in [1.807, 2.05) is 0 Å². The first-order valence-corrected chi connectivity index (χ1v) is 6.10. The van der Waals surface area contributed by atoms with Gasteiger partial charge in [0.15, 0.2) is 5.78 Å². The van der Waals surface area contributed by atoms with Crippen LogP contribution >= 0.6 is 15.9 Å². The van der Waals surface area contributed by atoms with E-state index in [1.54, 1.807) is 30.3 Å². The van der Waals surface area contributed by atoms with E-state index in [1.165, 1.54) is 6.07 Å². The fourth-order valence-corrected chi connectivity index (χ4v) is 2.64. The van der Waals surface area contributed by atoms with Crippen molar-refractivity contribution in [3.63, 3.8) is 0 Å². The number of hydrogen-bond acceptors (Lipinski definition) is 2. The quantitative estimate of drug-likeness (QED) is 0.750. The monoisotopic (exact) mass is 302 g/mol. The molecule has 0 saturated carbocycles. The molecule has 0 heterocycles. The van der Waals surface area contributed by atoms with Crippen LogP contribution in [0.1, 0.15) is 26.3 Å². The van der Waals surface area contributed by atoms with Gasteiger partial charge in [-0.25, -0.2) is 4.79 Å². The molecule has 0 atom stereocenters. The minimum Gasteiger partial charge on any atom is -0.478 e. The maximum absolute atomic E-state index is 12.2. The van der Waals surface area contributed by atoms with Gasteiger partial charge in [-0.15, -0.1) is 0 Å². The van der Waals surface area contributed by atoms with E-state index in [4.69, 9.17) is 0 Å². The Labute approximate surface area is 111 Å². The molecule has 3 rings (SSSR count). The third-order valence-corrected chi connectivity index (χ3v) is 3.53. The zero-order valence-corrected chi connectivity index (χ0v) is 10.7. The van der Waals surface area contributed by atoms with Crippen molar-refractivity contribution >= 4 is 27.7 Å². The zero-order chi connectivity index (χ0) is 12.9. The highest BCUT2D eigenvalue weighted by atomic mass is 79.9. The summed E-state index contributed by atoms with van der Waals surface area (Å²) in [7, 11) is 0. The SMILES string of the molecule is O=C(O)c1cccc2c1-c1ccc(Br)cc1C2=O. The number of hydrogen-bond donors (Lipinski definition) is 1. The number of halogens is 1. The Bertz CT molecular complexity index is 704. The number of fused-ring (bicyclic) bond motifs is 3. The summed E-state index contributed by atoms with van der Waals surface area (Å²) >= 11 is 3.32. The molecule has 1 aliphatic rings. The molecule has 0 spiro atoms. The average Bonchev–Trinajstić information content (AvgIpc) is 2.63. The number of rotatable bonds is 1. The van der Waals surface area contributed by atoms with Gasteiger partial charge in [0.2, 0.25) is 0 Å². The third kappa shape index (κ3) is 1.42. The Morgan fingerprint density at radius 2 is 1.83 bits per heavy atom. The number of carbonyl (C=O) groups is 2. The van der Waals surface area contributed by atoms with E-state index in [0.717, 1.165) is 4.47 Å². The van der Waals surface area contributed by atoms with Crippen molar-refractivity contribution < 1.29 is 14.7 Å². The van der Waals surface area contributed by atoms with Gasteiger partial charge < -0.3 is 5.11 Å².